The highest BCUT2D eigenvalue weighted by Gasteiger charge is 2.09. The highest BCUT2D eigenvalue weighted by molar-refractivity contribution is 6.30. The minimum Gasteiger partial charge on any atom is -0.334 e. The number of carbonyl (C=O) groups is 1. The second-order valence-corrected chi connectivity index (χ2v) is 6.05. The summed E-state index contributed by atoms with van der Waals surface area (Å²) in [7, 11) is 0. The summed E-state index contributed by atoms with van der Waals surface area (Å²) >= 11 is 5.94. The molecule has 3 aromatic rings. The molecule has 0 aliphatic heterocycles. The first kappa shape index (κ1) is 17.0. The van der Waals surface area contributed by atoms with E-state index < -0.39 is 0 Å². The molecule has 0 aliphatic carbocycles. The lowest BCUT2D eigenvalue weighted by Crippen LogP contribution is -2.36. The molecule has 1 aromatic heterocycles. The Balaban J connectivity index is 1.54. The molecule has 7 heteroatoms. The Labute approximate surface area is 150 Å². The number of urea groups is 1. The maximum absolute atomic E-state index is 12.1. The van der Waals surface area contributed by atoms with Crippen LogP contribution in [0, 0.1) is 0 Å². The van der Waals surface area contributed by atoms with Crippen molar-refractivity contribution in [2.45, 2.75) is 19.5 Å². The van der Waals surface area contributed by atoms with Crippen molar-refractivity contribution < 1.29 is 4.79 Å². The molecule has 0 saturated carbocycles. The zero-order valence-electron chi connectivity index (χ0n) is 13.7. The van der Waals surface area contributed by atoms with Gasteiger partial charge in [0.15, 0.2) is 0 Å². The molecule has 0 fully saturated rings. The standard InChI is InChI=1S/C18H18ClN5O/c1-13(15-5-7-17(8-6-15)24-12-20-11-22-24)23-18(25)21-10-14-3-2-4-16(19)9-14/h2-9,11-13H,10H2,1H3,(H2,21,23,25). The molecule has 2 amide bonds. The Kier molecular flexibility index (Phi) is 5.30. The predicted octanol–water partition coefficient (Wildman–Crippen LogP) is 3.48. The quantitative estimate of drug-likeness (QED) is 0.736. The van der Waals surface area contributed by atoms with Crippen LogP contribution in [0.3, 0.4) is 0 Å². The Bertz CT molecular complexity index is 833. The monoisotopic (exact) mass is 355 g/mol. The molecule has 128 valence electrons. The fourth-order valence-corrected chi connectivity index (χ4v) is 2.63. The Morgan fingerprint density at radius 1 is 1.24 bits per heavy atom. The number of halogens is 1. The third-order valence-corrected chi connectivity index (χ3v) is 4.00. The minimum absolute atomic E-state index is 0.121. The van der Waals surface area contributed by atoms with Crippen molar-refractivity contribution in [2.75, 3.05) is 0 Å². The van der Waals surface area contributed by atoms with Crippen molar-refractivity contribution >= 4 is 17.6 Å². The van der Waals surface area contributed by atoms with Crippen molar-refractivity contribution in [3.63, 3.8) is 0 Å². The van der Waals surface area contributed by atoms with E-state index in [9.17, 15) is 4.79 Å². The van der Waals surface area contributed by atoms with Gasteiger partial charge in [-0.05, 0) is 42.3 Å². The molecule has 0 aliphatic rings. The molecule has 6 nitrogen and oxygen atoms in total. The second-order valence-electron chi connectivity index (χ2n) is 5.61. The number of carbonyl (C=O) groups excluding carboxylic acids is 1. The normalized spacial score (nSPS) is 11.8. The summed E-state index contributed by atoms with van der Waals surface area (Å²) in [6.07, 6.45) is 3.13. The van der Waals surface area contributed by atoms with Crippen molar-refractivity contribution in [2.24, 2.45) is 0 Å². The van der Waals surface area contributed by atoms with Gasteiger partial charge in [0, 0.05) is 11.6 Å². The number of benzene rings is 2. The number of rotatable bonds is 5. The SMILES string of the molecule is CC(NC(=O)NCc1cccc(Cl)c1)c1ccc(-n2cncn2)cc1. The van der Waals surface area contributed by atoms with E-state index in [-0.39, 0.29) is 12.1 Å². The van der Waals surface area contributed by atoms with Crippen molar-refractivity contribution in [1.29, 1.82) is 0 Å². The van der Waals surface area contributed by atoms with Crippen molar-refractivity contribution in [3.05, 3.63) is 77.3 Å². The highest BCUT2D eigenvalue weighted by atomic mass is 35.5. The molecule has 0 saturated heterocycles. The van der Waals surface area contributed by atoms with E-state index in [0.29, 0.717) is 11.6 Å². The van der Waals surface area contributed by atoms with Gasteiger partial charge in [-0.15, -0.1) is 0 Å². The Hall–Kier alpha value is -2.86. The van der Waals surface area contributed by atoms with Gasteiger partial charge >= 0.3 is 6.03 Å². The first-order valence-corrected chi connectivity index (χ1v) is 8.23. The lowest BCUT2D eigenvalue weighted by Gasteiger charge is -2.15. The number of amides is 2. The molecule has 0 spiro atoms. The highest BCUT2D eigenvalue weighted by Crippen LogP contribution is 2.15. The third-order valence-electron chi connectivity index (χ3n) is 3.77. The molecular weight excluding hydrogens is 338 g/mol. The van der Waals surface area contributed by atoms with Crippen LogP contribution < -0.4 is 10.6 Å². The summed E-state index contributed by atoms with van der Waals surface area (Å²) in [4.78, 5) is 16.0. The molecule has 1 unspecified atom stereocenters. The largest absolute Gasteiger partial charge is 0.334 e. The van der Waals surface area contributed by atoms with Crippen LogP contribution in [0.5, 0.6) is 0 Å². The summed E-state index contributed by atoms with van der Waals surface area (Å²) < 4.78 is 1.68. The maximum Gasteiger partial charge on any atom is 0.315 e. The van der Waals surface area contributed by atoms with Gasteiger partial charge in [-0.25, -0.2) is 14.5 Å². The molecule has 1 heterocycles. The van der Waals surface area contributed by atoms with Crippen LogP contribution >= 0.6 is 11.6 Å². The van der Waals surface area contributed by atoms with Gasteiger partial charge in [-0.1, -0.05) is 35.9 Å². The van der Waals surface area contributed by atoms with Crippen molar-refractivity contribution in [3.8, 4) is 5.69 Å². The average molecular weight is 356 g/mol. The van der Waals surface area contributed by atoms with E-state index in [4.69, 9.17) is 11.6 Å². The maximum atomic E-state index is 12.1. The fraction of sp³-hybridized carbons (Fsp3) is 0.167. The van der Waals surface area contributed by atoms with Crippen LogP contribution in [-0.2, 0) is 6.54 Å². The molecule has 1 atom stereocenters. The van der Waals surface area contributed by atoms with Gasteiger partial charge in [0.2, 0.25) is 0 Å². The minimum atomic E-state index is -0.229. The van der Waals surface area contributed by atoms with E-state index in [0.717, 1.165) is 16.8 Å². The first-order chi connectivity index (χ1) is 12.1. The van der Waals surface area contributed by atoms with Crippen LogP contribution in [0.4, 0.5) is 4.79 Å². The number of hydrogen-bond donors (Lipinski definition) is 2. The van der Waals surface area contributed by atoms with E-state index in [1.54, 1.807) is 17.1 Å². The van der Waals surface area contributed by atoms with Gasteiger partial charge in [-0.3, -0.25) is 0 Å². The zero-order chi connectivity index (χ0) is 17.6. The molecule has 0 radical (unpaired) electrons. The summed E-state index contributed by atoms with van der Waals surface area (Å²) in [6.45, 7) is 2.35. The summed E-state index contributed by atoms with van der Waals surface area (Å²) in [5.74, 6) is 0. The van der Waals surface area contributed by atoms with Crippen LogP contribution in [0.25, 0.3) is 5.69 Å². The predicted molar refractivity (Wildman–Crippen MR) is 96.6 cm³/mol. The zero-order valence-corrected chi connectivity index (χ0v) is 14.4. The topological polar surface area (TPSA) is 71.8 Å². The molecule has 3 rings (SSSR count). The lowest BCUT2D eigenvalue weighted by molar-refractivity contribution is 0.237. The second kappa shape index (κ2) is 7.81. The van der Waals surface area contributed by atoms with E-state index in [1.807, 2.05) is 49.4 Å². The van der Waals surface area contributed by atoms with E-state index in [2.05, 4.69) is 20.7 Å². The summed E-state index contributed by atoms with van der Waals surface area (Å²) in [5.41, 5.74) is 2.87. The van der Waals surface area contributed by atoms with E-state index >= 15 is 0 Å². The molecular formula is C18H18ClN5O. The number of hydrogen-bond acceptors (Lipinski definition) is 3. The number of nitrogens with one attached hydrogen (secondary N) is 2. The van der Waals surface area contributed by atoms with Crippen LogP contribution in [-0.4, -0.2) is 20.8 Å². The first-order valence-electron chi connectivity index (χ1n) is 7.85. The molecule has 0 bridgehead atoms. The third kappa shape index (κ3) is 4.58. The van der Waals surface area contributed by atoms with E-state index in [1.165, 1.54) is 6.33 Å². The van der Waals surface area contributed by atoms with Gasteiger partial charge in [-0.2, -0.15) is 5.10 Å². The van der Waals surface area contributed by atoms with Gasteiger partial charge in [0.25, 0.3) is 0 Å². The van der Waals surface area contributed by atoms with Crippen molar-refractivity contribution in [1.82, 2.24) is 25.4 Å². The van der Waals surface area contributed by atoms with Crippen LogP contribution in [0.2, 0.25) is 5.02 Å². The lowest BCUT2D eigenvalue weighted by atomic mass is 10.1. The Morgan fingerprint density at radius 2 is 2.04 bits per heavy atom. The van der Waals surface area contributed by atoms with Gasteiger partial charge in [0.1, 0.15) is 12.7 Å². The average Bonchev–Trinajstić information content (AvgIpc) is 3.15. The van der Waals surface area contributed by atoms with Gasteiger partial charge in [0.05, 0.1) is 11.7 Å². The summed E-state index contributed by atoms with van der Waals surface area (Å²) in [5, 5.41) is 10.5. The fourth-order valence-electron chi connectivity index (χ4n) is 2.42. The Morgan fingerprint density at radius 3 is 2.72 bits per heavy atom. The molecule has 2 N–H and O–H groups in total. The smallest absolute Gasteiger partial charge is 0.315 e. The van der Waals surface area contributed by atoms with Crippen LogP contribution in [0.1, 0.15) is 24.1 Å². The number of nitrogens with zero attached hydrogens (tertiary/aromatic N) is 3. The summed E-state index contributed by atoms with van der Waals surface area (Å²) in [6, 6.07) is 14.8. The van der Waals surface area contributed by atoms with Crippen LogP contribution in [0.15, 0.2) is 61.2 Å². The van der Waals surface area contributed by atoms with Gasteiger partial charge < -0.3 is 10.6 Å². The number of aromatic nitrogens is 3. The molecule has 25 heavy (non-hydrogen) atoms. The molecule has 2 aromatic carbocycles.